The second-order valence-electron chi connectivity index (χ2n) is 5.04. The Morgan fingerprint density at radius 3 is 2.31 bits per heavy atom. The Morgan fingerprint density at radius 1 is 1.25 bits per heavy atom. The summed E-state index contributed by atoms with van der Waals surface area (Å²) in [5, 5.41) is 6.11. The van der Waals surface area contributed by atoms with Gasteiger partial charge in [0.25, 0.3) is 0 Å². The predicted octanol–water partition coefficient (Wildman–Crippen LogP) is 0.283. The number of rotatable bonds is 1. The first-order valence-electron chi connectivity index (χ1n) is 5.52. The first-order chi connectivity index (χ1) is 7.47. The maximum absolute atomic E-state index is 10.8. The molecule has 0 radical (unpaired) electrons. The van der Waals surface area contributed by atoms with Crippen molar-refractivity contribution in [3.63, 3.8) is 0 Å². The van der Waals surface area contributed by atoms with Crippen LogP contribution >= 0.6 is 0 Å². The monoisotopic (exact) mass is 226 g/mol. The standard InChI is InChI=1S/C10H18N4O2/c1-10(2,3)14-6-4-13(5-7-14)8-11-12-9(15)16-8/h4-7H2,1-3H3,(H,12,15). The topological polar surface area (TPSA) is 65.4 Å². The zero-order valence-electron chi connectivity index (χ0n) is 9.99. The minimum absolute atomic E-state index is 0.193. The lowest BCUT2D eigenvalue weighted by Gasteiger charge is -2.41. The molecule has 2 heterocycles. The summed E-state index contributed by atoms with van der Waals surface area (Å²) >= 11 is 0. The van der Waals surface area contributed by atoms with Crippen molar-refractivity contribution < 1.29 is 4.42 Å². The van der Waals surface area contributed by atoms with Gasteiger partial charge in [-0.25, -0.2) is 9.89 Å². The molecule has 1 aliphatic rings. The van der Waals surface area contributed by atoms with Crippen molar-refractivity contribution in [3.8, 4) is 0 Å². The fourth-order valence-electron chi connectivity index (χ4n) is 1.93. The molecule has 1 fully saturated rings. The predicted molar refractivity (Wildman–Crippen MR) is 60.7 cm³/mol. The smallest absolute Gasteiger partial charge is 0.373 e. The van der Waals surface area contributed by atoms with Crippen LogP contribution in [-0.4, -0.2) is 46.8 Å². The molecule has 90 valence electrons. The van der Waals surface area contributed by atoms with E-state index in [4.69, 9.17) is 4.42 Å². The average molecular weight is 226 g/mol. The van der Waals surface area contributed by atoms with E-state index in [9.17, 15) is 4.79 Å². The van der Waals surface area contributed by atoms with Crippen LogP contribution in [0.25, 0.3) is 0 Å². The molecule has 16 heavy (non-hydrogen) atoms. The van der Waals surface area contributed by atoms with Crippen LogP contribution in [0.5, 0.6) is 0 Å². The van der Waals surface area contributed by atoms with Crippen LogP contribution in [0, 0.1) is 0 Å². The van der Waals surface area contributed by atoms with Gasteiger partial charge in [-0.2, -0.15) is 0 Å². The van der Waals surface area contributed by atoms with E-state index >= 15 is 0 Å². The van der Waals surface area contributed by atoms with Crippen LogP contribution < -0.4 is 10.7 Å². The van der Waals surface area contributed by atoms with Crippen molar-refractivity contribution in [2.45, 2.75) is 26.3 Å². The zero-order valence-corrected chi connectivity index (χ0v) is 9.99. The molecule has 0 saturated carbocycles. The molecule has 0 unspecified atom stereocenters. The number of piperazine rings is 1. The molecule has 0 aliphatic carbocycles. The van der Waals surface area contributed by atoms with E-state index in [1.807, 2.05) is 4.90 Å². The molecule has 0 spiro atoms. The lowest BCUT2D eigenvalue weighted by Crippen LogP contribution is -2.53. The highest BCUT2D eigenvalue weighted by atomic mass is 16.4. The number of anilines is 1. The van der Waals surface area contributed by atoms with Crippen molar-refractivity contribution in [1.29, 1.82) is 0 Å². The Bertz CT molecular complexity index is 395. The third-order valence-electron chi connectivity index (χ3n) is 2.93. The lowest BCUT2D eigenvalue weighted by molar-refractivity contribution is 0.126. The van der Waals surface area contributed by atoms with Gasteiger partial charge in [-0.05, 0) is 20.8 Å². The number of hydrogen-bond acceptors (Lipinski definition) is 5. The summed E-state index contributed by atoms with van der Waals surface area (Å²) in [6.45, 7) is 10.2. The average Bonchev–Trinajstić information content (AvgIpc) is 2.64. The van der Waals surface area contributed by atoms with Gasteiger partial charge in [0.2, 0.25) is 0 Å². The third-order valence-corrected chi connectivity index (χ3v) is 2.93. The molecule has 1 aliphatic heterocycles. The van der Waals surface area contributed by atoms with Gasteiger partial charge in [0.05, 0.1) is 0 Å². The Labute approximate surface area is 94.2 Å². The van der Waals surface area contributed by atoms with Gasteiger partial charge in [-0.15, -0.1) is 5.10 Å². The molecule has 2 rings (SSSR count). The third kappa shape index (κ3) is 2.27. The van der Waals surface area contributed by atoms with Gasteiger partial charge in [0, 0.05) is 31.7 Å². The fourth-order valence-corrected chi connectivity index (χ4v) is 1.93. The van der Waals surface area contributed by atoms with Crippen LogP contribution in [0.4, 0.5) is 6.01 Å². The van der Waals surface area contributed by atoms with Crippen LogP contribution in [-0.2, 0) is 0 Å². The van der Waals surface area contributed by atoms with Crippen molar-refractivity contribution in [2.24, 2.45) is 0 Å². The summed E-state index contributed by atoms with van der Waals surface area (Å²) in [5.41, 5.74) is 0.193. The van der Waals surface area contributed by atoms with Gasteiger partial charge in [0.15, 0.2) is 0 Å². The second kappa shape index (κ2) is 3.93. The first kappa shape index (κ1) is 11.2. The summed E-state index contributed by atoms with van der Waals surface area (Å²) < 4.78 is 4.93. The summed E-state index contributed by atoms with van der Waals surface area (Å²) in [4.78, 5) is 15.2. The van der Waals surface area contributed by atoms with E-state index in [-0.39, 0.29) is 5.54 Å². The van der Waals surface area contributed by atoms with E-state index in [1.165, 1.54) is 0 Å². The molecule has 6 heteroatoms. The van der Waals surface area contributed by atoms with E-state index in [2.05, 4.69) is 35.9 Å². The zero-order chi connectivity index (χ0) is 11.8. The van der Waals surface area contributed by atoms with Crippen LogP contribution in [0.1, 0.15) is 20.8 Å². The van der Waals surface area contributed by atoms with E-state index in [0.29, 0.717) is 6.01 Å². The van der Waals surface area contributed by atoms with Crippen molar-refractivity contribution in [2.75, 3.05) is 31.1 Å². The van der Waals surface area contributed by atoms with Crippen LogP contribution in [0.2, 0.25) is 0 Å². The molecular weight excluding hydrogens is 208 g/mol. The molecule has 1 saturated heterocycles. The van der Waals surface area contributed by atoms with Gasteiger partial charge in [0.1, 0.15) is 0 Å². The largest absolute Gasteiger partial charge is 0.435 e. The minimum atomic E-state index is -0.492. The molecule has 1 N–H and O–H groups in total. The van der Waals surface area contributed by atoms with Gasteiger partial charge >= 0.3 is 11.8 Å². The number of nitrogens with zero attached hydrogens (tertiary/aromatic N) is 3. The molecule has 0 aromatic carbocycles. The highest BCUT2D eigenvalue weighted by Gasteiger charge is 2.27. The normalized spacial score (nSPS) is 19.1. The Kier molecular flexibility index (Phi) is 2.75. The number of aromatic amines is 1. The lowest BCUT2D eigenvalue weighted by atomic mass is 10.1. The number of hydrogen-bond donors (Lipinski definition) is 1. The molecule has 0 atom stereocenters. The number of nitrogens with one attached hydrogen (secondary N) is 1. The van der Waals surface area contributed by atoms with E-state index < -0.39 is 5.76 Å². The van der Waals surface area contributed by atoms with Crippen molar-refractivity contribution in [3.05, 3.63) is 10.6 Å². The minimum Gasteiger partial charge on any atom is -0.373 e. The Balaban J connectivity index is 1.98. The second-order valence-corrected chi connectivity index (χ2v) is 5.04. The van der Waals surface area contributed by atoms with Gasteiger partial charge in [-0.3, -0.25) is 4.90 Å². The van der Waals surface area contributed by atoms with E-state index in [0.717, 1.165) is 26.2 Å². The van der Waals surface area contributed by atoms with Crippen molar-refractivity contribution in [1.82, 2.24) is 15.1 Å². The first-order valence-corrected chi connectivity index (χ1v) is 5.52. The van der Waals surface area contributed by atoms with Crippen LogP contribution in [0.15, 0.2) is 9.21 Å². The highest BCUT2D eigenvalue weighted by Crippen LogP contribution is 2.18. The fraction of sp³-hybridized carbons (Fsp3) is 0.800. The van der Waals surface area contributed by atoms with Gasteiger partial charge in [-0.1, -0.05) is 0 Å². The summed E-state index contributed by atoms with van der Waals surface area (Å²) in [6, 6.07) is 0.401. The maximum Gasteiger partial charge on any atom is 0.435 e. The maximum atomic E-state index is 10.8. The quantitative estimate of drug-likeness (QED) is 0.745. The summed E-state index contributed by atoms with van der Waals surface area (Å²) in [5.74, 6) is -0.492. The Morgan fingerprint density at radius 2 is 1.88 bits per heavy atom. The van der Waals surface area contributed by atoms with Crippen molar-refractivity contribution >= 4 is 6.01 Å². The summed E-state index contributed by atoms with van der Waals surface area (Å²) in [7, 11) is 0. The number of aromatic nitrogens is 2. The number of H-pyrrole nitrogens is 1. The van der Waals surface area contributed by atoms with Crippen LogP contribution in [0.3, 0.4) is 0 Å². The molecule has 1 aromatic rings. The summed E-state index contributed by atoms with van der Waals surface area (Å²) in [6.07, 6.45) is 0. The molecule has 0 bridgehead atoms. The van der Waals surface area contributed by atoms with Gasteiger partial charge < -0.3 is 9.32 Å². The van der Waals surface area contributed by atoms with E-state index in [1.54, 1.807) is 0 Å². The Hall–Kier alpha value is -1.30. The molecular formula is C10H18N4O2. The molecule has 6 nitrogen and oxygen atoms in total. The SMILES string of the molecule is CC(C)(C)N1CCN(c2n[nH]c(=O)o2)CC1. The molecule has 1 aromatic heterocycles. The highest BCUT2D eigenvalue weighted by molar-refractivity contribution is 5.24. The molecule has 0 amide bonds.